The van der Waals surface area contributed by atoms with E-state index in [9.17, 15) is 9.46 Å². The molecule has 6 nitrogen and oxygen atoms in total. The van der Waals surface area contributed by atoms with Crippen molar-refractivity contribution in [2.24, 2.45) is 0 Å². The lowest BCUT2D eigenvalue weighted by atomic mass is 9.93. The molecule has 1 fully saturated rings. The van der Waals surface area contributed by atoms with Gasteiger partial charge < -0.3 is 19.1 Å². The van der Waals surface area contributed by atoms with E-state index in [-0.39, 0.29) is 18.2 Å². The number of ether oxygens (including phenoxy) is 3. The van der Waals surface area contributed by atoms with Crippen molar-refractivity contribution in [1.82, 2.24) is 0 Å². The third-order valence-electron chi connectivity index (χ3n) is 2.46. The van der Waals surface area contributed by atoms with Gasteiger partial charge in [0.05, 0.1) is 12.6 Å². The van der Waals surface area contributed by atoms with Crippen LogP contribution in [0, 0.1) is 0 Å². The summed E-state index contributed by atoms with van der Waals surface area (Å²) >= 11 is 0. The Morgan fingerprint density at radius 1 is 1.44 bits per heavy atom. The van der Waals surface area contributed by atoms with Crippen molar-refractivity contribution in [3.8, 4) is 0 Å². The SMILES string of the molecule is B[C@@H]1O[C@H](COC)C(OP(C)(=O)O)C1OC. The van der Waals surface area contributed by atoms with Crippen molar-refractivity contribution in [3.63, 3.8) is 0 Å². The quantitative estimate of drug-likeness (QED) is 0.510. The van der Waals surface area contributed by atoms with Gasteiger partial charge in [0.25, 0.3) is 0 Å². The summed E-state index contributed by atoms with van der Waals surface area (Å²) < 4.78 is 32.1. The molecule has 0 saturated carbocycles. The van der Waals surface area contributed by atoms with Crippen LogP contribution in [0.2, 0.25) is 0 Å². The average molecular weight is 252 g/mol. The van der Waals surface area contributed by atoms with E-state index in [4.69, 9.17) is 18.7 Å². The maximum absolute atomic E-state index is 11.3. The lowest BCUT2D eigenvalue weighted by Gasteiger charge is -2.23. The summed E-state index contributed by atoms with van der Waals surface area (Å²) in [5.74, 6) is 0. The molecule has 1 aliphatic heterocycles. The molecule has 1 aliphatic rings. The van der Waals surface area contributed by atoms with Crippen LogP contribution >= 0.6 is 7.60 Å². The molecule has 94 valence electrons. The Bertz CT molecular complexity index is 269. The molecule has 1 rings (SSSR count). The molecule has 0 aromatic rings. The summed E-state index contributed by atoms with van der Waals surface area (Å²) in [6.07, 6.45) is -1.33. The highest BCUT2D eigenvalue weighted by atomic mass is 31.2. The number of hydrogen-bond donors (Lipinski definition) is 1. The van der Waals surface area contributed by atoms with E-state index in [1.54, 1.807) is 0 Å². The lowest BCUT2D eigenvalue weighted by molar-refractivity contribution is -0.0165. The van der Waals surface area contributed by atoms with E-state index in [1.165, 1.54) is 14.2 Å². The second-order valence-corrected chi connectivity index (χ2v) is 5.73. The molecular formula is C8H18BO6P. The Kier molecular flexibility index (Phi) is 4.97. The van der Waals surface area contributed by atoms with Crippen LogP contribution in [0.3, 0.4) is 0 Å². The minimum Gasteiger partial charge on any atom is -0.382 e. The second kappa shape index (κ2) is 5.62. The van der Waals surface area contributed by atoms with Gasteiger partial charge in [0.15, 0.2) is 0 Å². The molecule has 0 radical (unpaired) electrons. The second-order valence-electron chi connectivity index (χ2n) is 3.91. The highest BCUT2D eigenvalue weighted by Gasteiger charge is 2.45. The van der Waals surface area contributed by atoms with Gasteiger partial charge in [-0.2, -0.15) is 0 Å². The Balaban J connectivity index is 2.75. The zero-order valence-electron chi connectivity index (χ0n) is 9.95. The Morgan fingerprint density at radius 2 is 2.06 bits per heavy atom. The molecule has 8 heteroatoms. The van der Waals surface area contributed by atoms with E-state index >= 15 is 0 Å². The third kappa shape index (κ3) is 3.55. The average Bonchev–Trinajstić information content (AvgIpc) is 2.41. The monoisotopic (exact) mass is 252 g/mol. The molecule has 0 aliphatic carbocycles. The third-order valence-corrected chi connectivity index (χ3v) is 3.10. The van der Waals surface area contributed by atoms with Crippen LogP contribution in [0.15, 0.2) is 0 Å². The van der Waals surface area contributed by atoms with E-state index in [0.29, 0.717) is 6.61 Å². The van der Waals surface area contributed by atoms with Gasteiger partial charge in [-0.25, -0.2) is 0 Å². The van der Waals surface area contributed by atoms with Crippen LogP contribution in [-0.2, 0) is 23.3 Å². The van der Waals surface area contributed by atoms with E-state index in [0.717, 1.165) is 6.66 Å². The minimum atomic E-state index is -3.57. The van der Waals surface area contributed by atoms with Gasteiger partial charge in [-0.05, 0) is 0 Å². The highest BCUT2D eigenvalue weighted by molar-refractivity contribution is 7.51. The maximum Gasteiger partial charge on any atom is 0.325 e. The van der Waals surface area contributed by atoms with Crippen LogP contribution in [0.5, 0.6) is 0 Å². The van der Waals surface area contributed by atoms with Crippen molar-refractivity contribution in [2.75, 3.05) is 27.5 Å². The van der Waals surface area contributed by atoms with Gasteiger partial charge in [-0.3, -0.25) is 9.09 Å². The molecule has 5 atom stereocenters. The normalized spacial score (nSPS) is 38.5. The van der Waals surface area contributed by atoms with Crippen LogP contribution in [0.1, 0.15) is 0 Å². The first kappa shape index (κ1) is 14.2. The Hall–Kier alpha value is 0.0949. The first-order valence-corrected chi connectivity index (χ1v) is 7.07. The highest BCUT2D eigenvalue weighted by Crippen LogP contribution is 2.42. The molecule has 1 heterocycles. The number of hydrogen-bond acceptors (Lipinski definition) is 5. The van der Waals surface area contributed by atoms with Crippen LogP contribution in [-0.4, -0.2) is 64.5 Å². The standard InChI is InChI=1S/C8H18BO6P/c1-12-4-5-6(15-16(3,10)11)7(13-2)8(9)14-5/h5-8H,4,9H2,1-3H3,(H,10,11)/t5-,6?,7?,8-/m1/s1. The fourth-order valence-electron chi connectivity index (χ4n) is 1.89. The Morgan fingerprint density at radius 3 is 2.50 bits per heavy atom. The first-order chi connectivity index (χ1) is 7.39. The molecule has 16 heavy (non-hydrogen) atoms. The number of rotatable bonds is 5. The van der Waals surface area contributed by atoms with Gasteiger partial charge in [0, 0.05) is 20.9 Å². The fraction of sp³-hybridized carbons (Fsp3) is 1.00. The smallest absolute Gasteiger partial charge is 0.325 e. The summed E-state index contributed by atoms with van der Waals surface area (Å²) in [6, 6.07) is -0.193. The van der Waals surface area contributed by atoms with Crippen LogP contribution in [0.25, 0.3) is 0 Å². The molecule has 0 aromatic heterocycles. The molecule has 1 N–H and O–H groups in total. The van der Waals surface area contributed by atoms with E-state index < -0.39 is 13.7 Å². The predicted octanol–water partition coefficient (Wildman–Crippen LogP) is -0.794. The molecule has 0 spiro atoms. The summed E-state index contributed by atoms with van der Waals surface area (Å²) in [4.78, 5) is 9.25. The summed E-state index contributed by atoms with van der Waals surface area (Å²) in [5, 5.41) is 0. The maximum atomic E-state index is 11.3. The Labute approximate surface area is 96.2 Å². The van der Waals surface area contributed by atoms with Crippen molar-refractivity contribution in [1.29, 1.82) is 0 Å². The predicted molar refractivity (Wildman–Crippen MR) is 60.5 cm³/mol. The van der Waals surface area contributed by atoms with Gasteiger partial charge in [-0.1, -0.05) is 0 Å². The first-order valence-electron chi connectivity index (χ1n) is 5.05. The number of methoxy groups -OCH3 is 2. The summed E-state index contributed by atoms with van der Waals surface area (Å²) in [7, 11) is 1.32. The zero-order valence-corrected chi connectivity index (χ0v) is 10.8. The van der Waals surface area contributed by atoms with Gasteiger partial charge in [0.1, 0.15) is 26.2 Å². The summed E-state index contributed by atoms with van der Waals surface area (Å²) in [6.45, 7) is 1.45. The minimum absolute atomic E-state index is 0.193. The molecule has 1 saturated heterocycles. The van der Waals surface area contributed by atoms with Gasteiger partial charge >= 0.3 is 7.60 Å². The largest absolute Gasteiger partial charge is 0.382 e. The molecule has 0 amide bonds. The fourth-order valence-corrected chi connectivity index (χ4v) is 2.59. The van der Waals surface area contributed by atoms with E-state index in [1.807, 2.05) is 7.85 Å². The molecular weight excluding hydrogens is 234 g/mol. The van der Waals surface area contributed by atoms with Gasteiger partial charge in [0.2, 0.25) is 0 Å². The van der Waals surface area contributed by atoms with Crippen molar-refractivity contribution >= 4 is 15.4 Å². The van der Waals surface area contributed by atoms with Gasteiger partial charge in [-0.15, -0.1) is 0 Å². The lowest BCUT2D eigenvalue weighted by Crippen LogP contribution is -2.37. The van der Waals surface area contributed by atoms with E-state index in [2.05, 4.69) is 0 Å². The molecule has 0 bridgehead atoms. The van der Waals surface area contributed by atoms with Crippen molar-refractivity contribution in [2.45, 2.75) is 24.3 Å². The molecule has 0 aromatic carbocycles. The molecule has 3 unspecified atom stereocenters. The topological polar surface area (TPSA) is 74.2 Å². The van der Waals surface area contributed by atoms with Crippen LogP contribution < -0.4 is 0 Å². The van der Waals surface area contributed by atoms with Crippen molar-refractivity contribution in [3.05, 3.63) is 0 Å². The summed E-state index contributed by atoms with van der Waals surface area (Å²) in [5.41, 5.74) is 0. The zero-order chi connectivity index (χ0) is 12.3. The van der Waals surface area contributed by atoms with Crippen molar-refractivity contribution < 1.29 is 28.2 Å². The van der Waals surface area contributed by atoms with Crippen LogP contribution in [0.4, 0.5) is 0 Å².